The average molecular weight is 318 g/mol. The number of likely N-dealkylation sites (tertiary alicyclic amines) is 1. The van der Waals surface area contributed by atoms with E-state index in [2.05, 4.69) is 32.6 Å². The van der Waals surface area contributed by atoms with Gasteiger partial charge in [0.15, 0.2) is 5.78 Å². The zero-order chi connectivity index (χ0) is 17.6. The number of aryl methyl sites for hydroxylation is 2. The van der Waals surface area contributed by atoms with E-state index in [4.69, 9.17) is 0 Å². The maximum atomic E-state index is 12.9. The van der Waals surface area contributed by atoms with Gasteiger partial charge < -0.3 is 0 Å². The third-order valence-corrected chi connectivity index (χ3v) is 5.07. The summed E-state index contributed by atoms with van der Waals surface area (Å²) in [6, 6.07) is 1.84. The van der Waals surface area contributed by atoms with Gasteiger partial charge in [-0.15, -0.1) is 0 Å². The lowest BCUT2D eigenvalue weighted by molar-refractivity contribution is 0.0368. The topological polar surface area (TPSA) is 42.3 Å². The van der Waals surface area contributed by atoms with Crippen LogP contribution in [0.1, 0.15) is 69.1 Å². The van der Waals surface area contributed by atoms with E-state index in [-0.39, 0.29) is 22.4 Å². The van der Waals surface area contributed by atoms with Gasteiger partial charge in [-0.2, -0.15) is 0 Å². The Labute approximate surface area is 139 Å². The monoisotopic (exact) mass is 318 g/mol. The Balaban J connectivity index is 2.64. The van der Waals surface area contributed by atoms with Crippen LogP contribution in [0.25, 0.3) is 0 Å². The number of pyridine rings is 1. The van der Waals surface area contributed by atoms with E-state index in [1.165, 1.54) is 0 Å². The van der Waals surface area contributed by atoms with Gasteiger partial charge >= 0.3 is 0 Å². The van der Waals surface area contributed by atoms with Gasteiger partial charge in [0.25, 0.3) is 5.56 Å². The molecule has 2 rings (SSSR count). The molecule has 0 N–H and O–H groups in total. The Kier molecular flexibility index (Phi) is 4.60. The van der Waals surface area contributed by atoms with Crippen molar-refractivity contribution in [3.8, 4) is 0 Å². The number of ketones is 1. The highest BCUT2D eigenvalue weighted by atomic mass is 16.1. The molecule has 1 aliphatic heterocycles. The van der Waals surface area contributed by atoms with Crippen molar-refractivity contribution in [1.29, 1.82) is 0 Å². The molecule has 4 heteroatoms. The molecular formula is C19H30N2O2. The van der Waals surface area contributed by atoms with E-state index in [1.807, 2.05) is 19.9 Å². The molecule has 2 heterocycles. The second-order valence-electron chi connectivity index (χ2n) is 8.25. The molecule has 0 aliphatic carbocycles. The SMILES string of the molecule is CC(=O)c1c(C)cc(C)c(=O)n1C1(C)CCCN(C(C)(C)C)C1. The second kappa shape index (κ2) is 5.90. The molecular weight excluding hydrogens is 288 g/mol. The van der Waals surface area contributed by atoms with Crippen molar-refractivity contribution in [2.75, 3.05) is 13.1 Å². The highest BCUT2D eigenvalue weighted by Crippen LogP contribution is 2.32. The molecule has 1 aromatic heterocycles. The van der Waals surface area contributed by atoms with Gasteiger partial charge in [-0.3, -0.25) is 19.1 Å². The van der Waals surface area contributed by atoms with E-state index in [9.17, 15) is 9.59 Å². The summed E-state index contributed by atoms with van der Waals surface area (Å²) in [7, 11) is 0. The Hall–Kier alpha value is -1.42. The van der Waals surface area contributed by atoms with Gasteiger partial charge in [0.2, 0.25) is 0 Å². The Morgan fingerprint density at radius 2 is 1.83 bits per heavy atom. The molecule has 0 spiro atoms. The molecule has 1 saturated heterocycles. The van der Waals surface area contributed by atoms with E-state index >= 15 is 0 Å². The molecule has 0 amide bonds. The van der Waals surface area contributed by atoms with E-state index < -0.39 is 0 Å². The molecule has 1 aliphatic rings. The highest BCUT2D eigenvalue weighted by molar-refractivity contribution is 5.94. The van der Waals surface area contributed by atoms with E-state index in [0.29, 0.717) is 11.3 Å². The Bertz CT molecular complexity index is 682. The maximum Gasteiger partial charge on any atom is 0.254 e. The molecule has 1 unspecified atom stereocenters. The molecule has 0 saturated carbocycles. The minimum atomic E-state index is -0.347. The lowest BCUT2D eigenvalue weighted by Crippen LogP contribution is -2.57. The number of hydrogen-bond donors (Lipinski definition) is 0. The largest absolute Gasteiger partial charge is 0.298 e. The van der Waals surface area contributed by atoms with Crippen LogP contribution in [-0.2, 0) is 5.54 Å². The fraction of sp³-hybridized carbons (Fsp3) is 0.684. The maximum absolute atomic E-state index is 12.9. The number of carbonyl (C=O) groups excluding carboxylic acids is 1. The standard InChI is InChI=1S/C19H30N2O2/c1-13-11-14(2)17(23)21(16(13)15(3)22)19(7)9-8-10-20(12-19)18(4,5)6/h11H,8-10,12H2,1-7H3. The van der Waals surface area contributed by atoms with E-state index in [0.717, 1.165) is 31.5 Å². The van der Waals surface area contributed by atoms with Crippen LogP contribution >= 0.6 is 0 Å². The van der Waals surface area contributed by atoms with Crippen molar-refractivity contribution >= 4 is 5.78 Å². The smallest absolute Gasteiger partial charge is 0.254 e. The normalized spacial score (nSPS) is 23.1. The Morgan fingerprint density at radius 3 is 2.35 bits per heavy atom. The van der Waals surface area contributed by atoms with Gasteiger partial charge in [-0.25, -0.2) is 0 Å². The molecule has 1 aromatic rings. The lowest BCUT2D eigenvalue weighted by atomic mass is 9.86. The second-order valence-corrected chi connectivity index (χ2v) is 8.25. The first kappa shape index (κ1) is 17.9. The van der Waals surface area contributed by atoms with Gasteiger partial charge in [0.05, 0.1) is 11.2 Å². The van der Waals surface area contributed by atoms with Crippen molar-refractivity contribution in [2.45, 2.75) is 72.4 Å². The fourth-order valence-corrected chi connectivity index (χ4v) is 3.83. The lowest BCUT2D eigenvalue weighted by Gasteiger charge is -2.48. The number of aromatic nitrogens is 1. The summed E-state index contributed by atoms with van der Waals surface area (Å²) in [5.74, 6) is -0.0336. The van der Waals surface area contributed by atoms with Gasteiger partial charge in [0.1, 0.15) is 0 Å². The number of piperidine rings is 1. The van der Waals surface area contributed by atoms with Crippen molar-refractivity contribution in [2.24, 2.45) is 0 Å². The summed E-state index contributed by atoms with van der Waals surface area (Å²) in [6.45, 7) is 15.9. The summed E-state index contributed by atoms with van der Waals surface area (Å²) in [5.41, 5.74) is 1.85. The van der Waals surface area contributed by atoms with Gasteiger partial charge in [0, 0.05) is 24.6 Å². The van der Waals surface area contributed by atoms with Crippen LogP contribution in [0.5, 0.6) is 0 Å². The van der Waals surface area contributed by atoms with Crippen molar-refractivity contribution < 1.29 is 4.79 Å². The van der Waals surface area contributed by atoms with Crippen LogP contribution in [0.3, 0.4) is 0 Å². The summed E-state index contributed by atoms with van der Waals surface area (Å²) in [6.07, 6.45) is 1.95. The molecule has 128 valence electrons. The summed E-state index contributed by atoms with van der Waals surface area (Å²) < 4.78 is 1.79. The first-order chi connectivity index (χ1) is 10.5. The first-order valence-electron chi connectivity index (χ1n) is 8.47. The predicted molar refractivity (Wildman–Crippen MR) is 94.4 cm³/mol. The van der Waals surface area contributed by atoms with Crippen LogP contribution in [0, 0.1) is 13.8 Å². The molecule has 1 atom stereocenters. The highest BCUT2D eigenvalue weighted by Gasteiger charge is 2.39. The summed E-state index contributed by atoms with van der Waals surface area (Å²) in [4.78, 5) is 27.6. The molecule has 4 nitrogen and oxygen atoms in total. The van der Waals surface area contributed by atoms with Crippen molar-refractivity contribution in [3.63, 3.8) is 0 Å². The minimum Gasteiger partial charge on any atom is -0.298 e. The predicted octanol–water partition coefficient (Wildman–Crippen LogP) is 3.28. The van der Waals surface area contributed by atoms with Crippen LogP contribution in [0.15, 0.2) is 10.9 Å². The Morgan fingerprint density at radius 1 is 1.22 bits per heavy atom. The van der Waals surface area contributed by atoms with Crippen LogP contribution in [0.2, 0.25) is 0 Å². The van der Waals surface area contributed by atoms with Crippen molar-refractivity contribution in [3.05, 3.63) is 33.2 Å². The number of nitrogens with zero attached hydrogens (tertiary/aromatic N) is 2. The number of Topliss-reactive ketones (excluding diaryl/α,β-unsaturated/α-hetero) is 1. The zero-order valence-corrected chi connectivity index (χ0v) is 15.6. The third kappa shape index (κ3) is 3.27. The number of rotatable bonds is 2. The minimum absolute atomic E-state index is 0.0286. The average Bonchev–Trinajstić information content (AvgIpc) is 2.41. The first-order valence-corrected chi connectivity index (χ1v) is 8.47. The summed E-state index contributed by atoms with van der Waals surface area (Å²) >= 11 is 0. The summed E-state index contributed by atoms with van der Waals surface area (Å²) in [5, 5.41) is 0. The van der Waals surface area contributed by atoms with E-state index in [1.54, 1.807) is 11.5 Å². The van der Waals surface area contributed by atoms with Crippen LogP contribution in [0.4, 0.5) is 0 Å². The quantitative estimate of drug-likeness (QED) is 0.786. The van der Waals surface area contributed by atoms with Gasteiger partial charge in [-0.05, 0) is 72.6 Å². The molecule has 1 fully saturated rings. The number of hydrogen-bond acceptors (Lipinski definition) is 3. The third-order valence-electron chi connectivity index (χ3n) is 5.07. The molecule has 23 heavy (non-hydrogen) atoms. The van der Waals surface area contributed by atoms with Crippen LogP contribution in [-0.4, -0.2) is 33.9 Å². The molecule has 0 aromatic carbocycles. The van der Waals surface area contributed by atoms with Crippen molar-refractivity contribution in [1.82, 2.24) is 9.47 Å². The fourth-order valence-electron chi connectivity index (χ4n) is 3.83. The van der Waals surface area contributed by atoms with Crippen LogP contribution < -0.4 is 5.56 Å². The molecule has 0 bridgehead atoms. The molecule has 0 radical (unpaired) electrons. The zero-order valence-electron chi connectivity index (χ0n) is 15.6. The van der Waals surface area contributed by atoms with Gasteiger partial charge in [-0.1, -0.05) is 0 Å². The number of carbonyl (C=O) groups is 1.